The lowest BCUT2D eigenvalue weighted by atomic mass is 9.95. The Morgan fingerprint density at radius 1 is 1.19 bits per heavy atom. The second-order valence-corrected chi connectivity index (χ2v) is 9.41. The van der Waals surface area contributed by atoms with Crippen LogP contribution >= 0.6 is 0 Å². The van der Waals surface area contributed by atoms with Crippen LogP contribution < -0.4 is 4.90 Å². The lowest BCUT2D eigenvalue weighted by Crippen LogP contribution is -2.28. The van der Waals surface area contributed by atoms with E-state index in [0.29, 0.717) is 12.1 Å². The number of hydrogen-bond acceptors (Lipinski definition) is 4. The van der Waals surface area contributed by atoms with Crippen LogP contribution in [0.1, 0.15) is 47.1 Å². The molecule has 2 heterocycles. The van der Waals surface area contributed by atoms with E-state index in [1.165, 1.54) is 0 Å². The van der Waals surface area contributed by atoms with Gasteiger partial charge in [0.2, 0.25) is 0 Å². The summed E-state index contributed by atoms with van der Waals surface area (Å²) in [5, 5.41) is 4.65. The minimum Gasteiger partial charge on any atom is -0.310 e. The molecule has 1 amide bonds. The molecule has 0 bridgehead atoms. The summed E-state index contributed by atoms with van der Waals surface area (Å²) in [5.74, 6) is 0.205. The first-order valence-electron chi connectivity index (χ1n) is 9.10. The summed E-state index contributed by atoms with van der Waals surface area (Å²) in [7, 11) is -1.24. The molecule has 0 saturated carbocycles. The van der Waals surface area contributed by atoms with Crippen molar-refractivity contribution in [2.24, 2.45) is 0 Å². The number of fused-ring (bicyclic) bond motifs is 1. The van der Waals surface area contributed by atoms with Crippen molar-refractivity contribution in [3.8, 4) is 0 Å². The first kappa shape index (κ1) is 17.3. The molecule has 2 aromatic rings. The fourth-order valence-electron chi connectivity index (χ4n) is 4.00. The highest BCUT2D eigenvalue weighted by Gasteiger charge is 2.35. The summed E-state index contributed by atoms with van der Waals surface area (Å²) in [5.41, 5.74) is 3.37. The average Bonchev–Trinajstić information content (AvgIpc) is 3.21. The Hall–Kier alpha value is -2.15. The Kier molecular flexibility index (Phi) is 4.34. The second kappa shape index (κ2) is 6.54. The van der Waals surface area contributed by atoms with Gasteiger partial charge in [0.25, 0.3) is 5.91 Å². The highest BCUT2D eigenvalue weighted by Crippen LogP contribution is 2.32. The van der Waals surface area contributed by atoms with E-state index in [1.807, 2.05) is 35.0 Å². The van der Waals surface area contributed by atoms with Crippen molar-refractivity contribution in [3.63, 3.8) is 0 Å². The van der Waals surface area contributed by atoms with Gasteiger partial charge in [0.05, 0.1) is 17.5 Å². The highest BCUT2D eigenvalue weighted by molar-refractivity contribution is 7.91. The monoisotopic (exact) mass is 373 g/mol. The van der Waals surface area contributed by atoms with Crippen molar-refractivity contribution < 1.29 is 13.2 Å². The minimum absolute atomic E-state index is 0.128. The molecule has 7 heteroatoms. The van der Waals surface area contributed by atoms with E-state index >= 15 is 0 Å². The van der Waals surface area contributed by atoms with Crippen LogP contribution in [0, 0.1) is 0 Å². The largest absolute Gasteiger partial charge is 0.310 e. The molecule has 1 aromatic heterocycles. The predicted molar refractivity (Wildman–Crippen MR) is 100 cm³/mol. The van der Waals surface area contributed by atoms with Gasteiger partial charge in [0.1, 0.15) is 0 Å². The zero-order valence-corrected chi connectivity index (χ0v) is 15.7. The van der Waals surface area contributed by atoms with Gasteiger partial charge in [-0.25, -0.2) is 8.42 Å². The quantitative estimate of drug-likeness (QED) is 0.828. The van der Waals surface area contributed by atoms with Gasteiger partial charge in [-0.15, -0.1) is 0 Å². The number of sulfone groups is 1. The van der Waals surface area contributed by atoms with E-state index in [0.717, 1.165) is 42.6 Å². The maximum Gasteiger partial charge on any atom is 0.278 e. The number of aromatic nitrogens is 2. The molecule has 138 valence electrons. The Balaban J connectivity index is 1.72. The molecule has 1 aliphatic heterocycles. The SMILES string of the molecule is CN(C(=O)c1nn([C@H]2CCS(=O)(=O)C2)c2c1CCCC2)c1ccccc1. The Bertz CT molecular complexity index is 934. The summed E-state index contributed by atoms with van der Waals surface area (Å²) in [6.07, 6.45) is 4.37. The van der Waals surface area contributed by atoms with Crippen LogP contribution in [0.3, 0.4) is 0 Å². The number of rotatable bonds is 3. The summed E-state index contributed by atoms with van der Waals surface area (Å²) in [6, 6.07) is 9.36. The number of carbonyl (C=O) groups is 1. The van der Waals surface area contributed by atoms with Crippen LogP contribution in [0.2, 0.25) is 0 Å². The zero-order valence-electron chi connectivity index (χ0n) is 14.9. The van der Waals surface area contributed by atoms with Crippen molar-refractivity contribution in [2.75, 3.05) is 23.5 Å². The van der Waals surface area contributed by atoms with Crippen molar-refractivity contribution in [3.05, 3.63) is 47.3 Å². The lowest BCUT2D eigenvalue weighted by Gasteiger charge is -2.18. The molecule has 0 N–H and O–H groups in total. The third-order valence-corrected chi connectivity index (χ3v) is 7.16. The normalized spacial score (nSPS) is 21.3. The molecule has 0 spiro atoms. The molecule has 6 nitrogen and oxygen atoms in total. The van der Waals surface area contributed by atoms with Gasteiger partial charge < -0.3 is 4.90 Å². The van der Waals surface area contributed by atoms with Crippen LogP contribution in [0.15, 0.2) is 30.3 Å². The van der Waals surface area contributed by atoms with Crippen LogP contribution in [0.5, 0.6) is 0 Å². The molecule has 1 saturated heterocycles. The van der Waals surface area contributed by atoms with E-state index in [4.69, 9.17) is 0 Å². The van der Waals surface area contributed by atoms with Gasteiger partial charge in [0, 0.05) is 24.0 Å². The molecule has 1 aromatic carbocycles. The second-order valence-electron chi connectivity index (χ2n) is 7.18. The van der Waals surface area contributed by atoms with Gasteiger partial charge in [-0.1, -0.05) is 18.2 Å². The third kappa shape index (κ3) is 3.05. The fourth-order valence-corrected chi connectivity index (χ4v) is 5.69. The number of nitrogens with zero attached hydrogens (tertiary/aromatic N) is 3. The molecule has 26 heavy (non-hydrogen) atoms. The number of benzene rings is 1. The van der Waals surface area contributed by atoms with Gasteiger partial charge in [-0.3, -0.25) is 9.48 Å². The number of para-hydroxylation sites is 1. The van der Waals surface area contributed by atoms with Crippen molar-refractivity contribution in [1.82, 2.24) is 9.78 Å². The highest BCUT2D eigenvalue weighted by atomic mass is 32.2. The van der Waals surface area contributed by atoms with Crippen LogP contribution in [0.4, 0.5) is 5.69 Å². The molecular formula is C19H23N3O3S. The maximum absolute atomic E-state index is 13.1. The third-order valence-electron chi connectivity index (χ3n) is 5.41. The standard InChI is InChI=1S/C19H23N3O3S/c1-21(14-7-3-2-4-8-14)19(23)18-16-9-5-6-10-17(16)22(20-18)15-11-12-26(24,25)13-15/h2-4,7-8,15H,5-6,9-13H2,1H3/t15-/m0/s1. The van der Waals surface area contributed by atoms with Crippen molar-refractivity contribution >= 4 is 21.4 Å². The summed E-state index contributed by atoms with van der Waals surface area (Å²) in [4.78, 5) is 14.7. The first-order chi connectivity index (χ1) is 12.5. The molecule has 1 aliphatic carbocycles. The Labute approximate surface area is 153 Å². The van der Waals surface area contributed by atoms with E-state index in [2.05, 4.69) is 5.10 Å². The molecular weight excluding hydrogens is 350 g/mol. The summed E-state index contributed by atoms with van der Waals surface area (Å²) in [6.45, 7) is 0. The van der Waals surface area contributed by atoms with Gasteiger partial charge in [0.15, 0.2) is 15.5 Å². The number of carbonyl (C=O) groups excluding carboxylic acids is 1. The van der Waals surface area contributed by atoms with Crippen LogP contribution in [-0.4, -0.2) is 42.7 Å². The van der Waals surface area contributed by atoms with Gasteiger partial charge >= 0.3 is 0 Å². The predicted octanol–water partition coefficient (Wildman–Crippen LogP) is 2.40. The van der Waals surface area contributed by atoms with Crippen LogP contribution in [0.25, 0.3) is 0 Å². The summed E-state index contributed by atoms with van der Waals surface area (Å²) < 4.78 is 25.7. The molecule has 1 atom stereocenters. The first-order valence-corrected chi connectivity index (χ1v) is 10.9. The zero-order chi connectivity index (χ0) is 18.3. The number of anilines is 1. The summed E-state index contributed by atoms with van der Waals surface area (Å²) >= 11 is 0. The molecule has 0 unspecified atom stereocenters. The fraction of sp³-hybridized carbons (Fsp3) is 0.474. The van der Waals surface area contributed by atoms with Crippen molar-refractivity contribution in [1.29, 1.82) is 0 Å². The molecule has 4 rings (SSSR count). The molecule has 0 radical (unpaired) electrons. The Morgan fingerprint density at radius 2 is 1.92 bits per heavy atom. The Morgan fingerprint density at radius 3 is 2.62 bits per heavy atom. The number of amides is 1. The topological polar surface area (TPSA) is 72.3 Å². The van der Waals surface area contributed by atoms with E-state index in [1.54, 1.807) is 11.9 Å². The molecule has 2 aliphatic rings. The van der Waals surface area contributed by atoms with Crippen molar-refractivity contribution in [2.45, 2.75) is 38.1 Å². The van der Waals surface area contributed by atoms with E-state index in [9.17, 15) is 13.2 Å². The minimum atomic E-state index is -3.00. The smallest absolute Gasteiger partial charge is 0.278 e. The van der Waals surface area contributed by atoms with Gasteiger partial charge in [-0.05, 0) is 44.2 Å². The number of hydrogen-bond donors (Lipinski definition) is 0. The van der Waals surface area contributed by atoms with Crippen LogP contribution in [-0.2, 0) is 22.7 Å². The van der Waals surface area contributed by atoms with E-state index in [-0.39, 0.29) is 23.5 Å². The maximum atomic E-state index is 13.1. The van der Waals surface area contributed by atoms with Gasteiger partial charge in [-0.2, -0.15) is 5.10 Å². The van der Waals surface area contributed by atoms with E-state index < -0.39 is 9.84 Å². The lowest BCUT2D eigenvalue weighted by molar-refractivity contribution is 0.0986. The molecule has 1 fully saturated rings. The average molecular weight is 373 g/mol.